The molecule has 0 saturated heterocycles. The van der Waals surface area contributed by atoms with Gasteiger partial charge in [-0.2, -0.15) is 0 Å². The predicted molar refractivity (Wildman–Crippen MR) is 95.1 cm³/mol. The van der Waals surface area contributed by atoms with Gasteiger partial charge in [0.15, 0.2) is 0 Å². The molecular formula is C17H20FN3OS. The molecule has 0 spiro atoms. The van der Waals surface area contributed by atoms with Gasteiger partial charge in [0, 0.05) is 24.1 Å². The molecule has 0 bridgehead atoms. The summed E-state index contributed by atoms with van der Waals surface area (Å²) in [6.07, 6.45) is 4.16. The average molecular weight is 333 g/mol. The van der Waals surface area contributed by atoms with Crippen molar-refractivity contribution in [3.05, 3.63) is 51.7 Å². The van der Waals surface area contributed by atoms with E-state index in [4.69, 9.17) is 0 Å². The highest BCUT2D eigenvalue weighted by atomic mass is 32.2. The molecule has 0 radical (unpaired) electrons. The van der Waals surface area contributed by atoms with Crippen LogP contribution in [0.5, 0.6) is 0 Å². The lowest BCUT2D eigenvalue weighted by atomic mass is 10.2. The van der Waals surface area contributed by atoms with Crippen LogP contribution in [0.25, 0.3) is 0 Å². The number of aryl methyl sites for hydroxylation is 2. The molecule has 122 valence electrons. The van der Waals surface area contributed by atoms with E-state index < -0.39 is 0 Å². The van der Waals surface area contributed by atoms with Gasteiger partial charge < -0.3 is 14.6 Å². The summed E-state index contributed by atoms with van der Waals surface area (Å²) in [6, 6.07) is 5.01. The van der Waals surface area contributed by atoms with E-state index in [1.54, 1.807) is 42.7 Å². The Balaban J connectivity index is 1.97. The Kier molecular flexibility index (Phi) is 4.35. The zero-order valence-corrected chi connectivity index (χ0v) is 14.3. The molecule has 1 aliphatic rings. The van der Waals surface area contributed by atoms with Gasteiger partial charge in [-0.3, -0.25) is 4.79 Å². The summed E-state index contributed by atoms with van der Waals surface area (Å²) in [5.74, 6) is -0.328. The number of hydrogen-bond acceptors (Lipinski definition) is 4. The zero-order valence-electron chi connectivity index (χ0n) is 13.4. The number of anilines is 3. The second-order valence-electron chi connectivity index (χ2n) is 5.99. The molecule has 2 N–H and O–H groups in total. The van der Waals surface area contributed by atoms with E-state index in [1.165, 1.54) is 18.9 Å². The van der Waals surface area contributed by atoms with E-state index in [2.05, 4.69) is 10.0 Å². The highest BCUT2D eigenvalue weighted by Crippen LogP contribution is 2.37. The first-order chi connectivity index (χ1) is 11.0. The van der Waals surface area contributed by atoms with Gasteiger partial charge in [-0.1, -0.05) is 6.07 Å². The molecule has 1 heterocycles. The second-order valence-corrected chi connectivity index (χ2v) is 7.09. The normalized spacial score (nSPS) is 13.9. The number of benzene rings is 1. The summed E-state index contributed by atoms with van der Waals surface area (Å²) in [7, 11) is 1.72. The van der Waals surface area contributed by atoms with E-state index in [-0.39, 0.29) is 11.4 Å². The first-order valence-electron chi connectivity index (χ1n) is 7.61. The van der Waals surface area contributed by atoms with Crippen LogP contribution in [-0.2, 0) is 7.05 Å². The van der Waals surface area contributed by atoms with Crippen LogP contribution >= 0.6 is 11.9 Å². The van der Waals surface area contributed by atoms with Crippen molar-refractivity contribution in [3.63, 3.8) is 0 Å². The van der Waals surface area contributed by atoms with Gasteiger partial charge >= 0.3 is 0 Å². The zero-order chi connectivity index (χ0) is 16.6. The van der Waals surface area contributed by atoms with Crippen molar-refractivity contribution >= 4 is 29.0 Å². The van der Waals surface area contributed by atoms with Crippen LogP contribution in [-0.4, -0.2) is 9.82 Å². The van der Waals surface area contributed by atoms with Crippen molar-refractivity contribution in [3.8, 4) is 0 Å². The molecule has 1 saturated carbocycles. The Morgan fingerprint density at radius 1 is 1.26 bits per heavy atom. The number of nitrogens with zero attached hydrogens (tertiary/aromatic N) is 1. The summed E-state index contributed by atoms with van der Waals surface area (Å²) < 4.78 is 19.0. The molecule has 1 aromatic carbocycles. The fraction of sp³-hybridized carbons (Fsp3) is 0.353. The molecule has 23 heavy (non-hydrogen) atoms. The minimum absolute atomic E-state index is 0.0954. The highest BCUT2D eigenvalue weighted by Gasteiger charge is 2.23. The van der Waals surface area contributed by atoms with Crippen molar-refractivity contribution in [1.82, 2.24) is 4.57 Å². The Labute approximate surface area is 139 Å². The predicted octanol–water partition coefficient (Wildman–Crippen LogP) is 4.11. The van der Waals surface area contributed by atoms with E-state index in [0.717, 1.165) is 11.3 Å². The molecule has 0 aliphatic heterocycles. The van der Waals surface area contributed by atoms with Crippen LogP contribution in [0.4, 0.5) is 21.5 Å². The fourth-order valence-corrected chi connectivity index (χ4v) is 3.14. The number of rotatable bonds is 5. The van der Waals surface area contributed by atoms with Crippen molar-refractivity contribution < 1.29 is 4.39 Å². The lowest BCUT2D eigenvalue weighted by Gasteiger charge is -2.17. The van der Waals surface area contributed by atoms with Gasteiger partial charge in [-0.25, -0.2) is 4.39 Å². The van der Waals surface area contributed by atoms with Crippen molar-refractivity contribution in [2.45, 2.75) is 31.9 Å². The quantitative estimate of drug-likeness (QED) is 0.809. The van der Waals surface area contributed by atoms with E-state index in [1.807, 2.05) is 13.0 Å². The molecule has 6 heteroatoms. The van der Waals surface area contributed by atoms with Crippen molar-refractivity contribution in [2.75, 3.05) is 10.0 Å². The van der Waals surface area contributed by atoms with Gasteiger partial charge in [0.25, 0.3) is 5.56 Å². The summed E-state index contributed by atoms with van der Waals surface area (Å²) in [6.45, 7) is 3.60. The fourth-order valence-electron chi connectivity index (χ4n) is 2.32. The summed E-state index contributed by atoms with van der Waals surface area (Å²) >= 11 is 1.65. The maximum atomic E-state index is 14.1. The van der Waals surface area contributed by atoms with Crippen molar-refractivity contribution in [2.24, 2.45) is 7.05 Å². The van der Waals surface area contributed by atoms with Gasteiger partial charge in [-0.15, -0.1) is 0 Å². The average Bonchev–Trinajstić information content (AvgIpc) is 3.32. The standard InChI is InChI=1S/C17H20FN3OS/c1-10-4-7-14(13(18)8-10)19-16-11(2)17(22)21(3)9-15(16)20-23-12-5-6-12/h4,7-9,12,19-20H,5-6H2,1-3H3. The molecule has 1 aliphatic carbocycles. The number of nitrogens with one attached hydrogen (secondary N) is 2. The topological polar surface area (TPSA) is 46.1 Å². The third-order valence-electron chi connectivity index (χ3n) is 3.85. The first kappa shape index (κ1) is 15.9. The third-order valence-corrected chi connectivity index (χ3v) is 4.99. The van der Waals surface area contributed by atoms with Gasteiger partial charge in [0.1, 0.15) is 5.82 Å². The van der Waals surface area contributed by atoms with E-state index in [0.29, 0.717) is 22.2 Å². The van der Waals surface area contributed by atoms with Gasteiger partial charge in [0.2, 0.25) is 0 Å². The highest BCUT2D eigenvalue weighted by molar-refractivity contribution is 8.01. The first-order valence-corrected chi connectivity index (χ1v) is 8.48. The monoisotopic (exact) mass is 333 g/mol. The Morgan fingerprint density at radius 3 is 2.65 bits per heavy atom. The maximum Gasteiger partial charge on any atom is 0.255 e. The van der Waals surface area contributed by atoms with Crippen LogP contribution in [0, 0.1) is 19.7 Å². The molecule has 1 aromatic heterocycles. The molecule has 3 rings (SSSR count). The minimum Gasteiger partial charge on any atom is -0.351 e. The summed E-state index contributed by atoms with van der Waals surface area (Å²) in [4.78, 5) is 12.2. The molecular weight excluding hydrogens is 313 g/mol. The number of aromatic nitrogens is 1. The molecule has 0 atom stereocenters. The number of hydrogen-bond donors (Lipinski definition) is 2. The second kappa shape index (κ2) is 6.28. The molecule has 0 amide bonds. The minimum atomic E-state index is -0.328. The number of halogens is 1. The molecule has 2 aromatic rings. The molecule has 1 fully saturated rings. The summed E-state index contributed by atoms with van der Waals surface area (Å²) in [5.41, 5.74) is 3.11. The van der Waals surface area contributed by atoms with Gasteiger partial charge in [0.05, 0.1) is 17.1 Å². The van der Waals surface area contributed by atoms with Crippen molar-refractivity contribution in [1.29, 1.82) is 0 Å². The van der Waals surface area contributed by atoms with E-state index in [9.17, 15) is 9.18 Å². The lowest BCUT2D eigenvalue weighted by molar-refractivity contribution is 0.630. The largest absolute Gasteiger partial charge is 0.351 e. The lowest BCUT2D eigenvalue weighted by Crippen LogP contribution is -2.21. The smallest absolute Gasteiger partial charge is 0.255 e. The van der Waals surface area contributed by atoms with E-state index >= 15 is 0 Å². The maximum absolute atomic E-state index is 14.1. The molecule has 0 unspecified atom stereocenters. The third kappa shape index (κ3) is 3.52. The number of pyridine rings is 1. The van der Waals surface area contributed by atoms with Crippen LogP contribution < -0.4 is 15.6 Å². The SMILES string of the molecule is Cc1ccc(Nc2c(NSC3CC3)cn(C)c(=O)c2C)c(F)c1. The Morgan fingerprint density at radius 2 is 2.00 bits per heavy atom. The van der Waals surface area contributed by atoms with Crippen LogP contribution in [0.15, 0.2) is 29.2 Å². The summed E-state index contributed by atoms with van der Waals surface area (Å²) in [5, 5.41) is 3.71. The Bertz CT molecular complexity index is 799. The van der Waals surface area contributed by atoms with Crippen LogP contribution in [0.1, 0.15) is 24.0 Å². The Hall–Kier alpha value is -1.95. The van der Waals surface area contributed by atoms with Crippen LogP contribution in [0.3, 0.4) is 0 Å². The van der Waals surface area contributed by atoms with Crippen LogP contribution in [0.2, 0.25) is 0 Å². The van der Waals surface area contributed by atoms with Gasteiger partial charge in [-0.05, 0) is 56.3 Å². The molecule has 4 nitrogen and oxygen atoms in total.